The third-order valence-corrected chi connectivity index (χ3v) is 3.30. The summed E-state index contributed by atoms with van der Waals surface area (Å²) < 4.78 is 2.07. The van der Waals surface area contributed by atoms with Gasteiger partial charge in [0.05, 0.1) is 18.2 Å². The second kappa shape index (κ2) is 5.13. The van der Waals surface area contributed by atoms with E-state index in [4.69, 9.17) is 5.73 Å². The topological polar surface area (TPSA) is 69.6 Å². The van der Waals surface area contributed by atoms with Crippen LogP contribution in [0.2, 0.25) is 0 Å². The minimum atomic E-state index is 0.515. The molecular formula is C15H15N5. The van der Waals surface area contributed by atoms with E-state index in [1.165, 1.54) is 5.56 Å². The predicted molar refractivity (Wildman–Crippen MR) is 77.9 cm³/mol. The molecule has 3 rings (SSSR count). The minimum Gasteiger partial charge on any atom is -0.383 e. The van der Waals surface area contributed by atoms with Gasteiger partial charge in [0.15, 0.2) is 0 Å². The van der Waals surface area contributed by atoms with Crippen LogP contribution in [0.1, 0.15) is 11.1 Å². The van der Waals surface area contributed by atoms with Gasteiger partial charge in [-0.1, -0.05) is 0 Å². The maximum Gasteiger partial charge on any atom is 0.132 e. The maximum absolute atomic E-state index is 5.94. The molecule has 0 unspecified atom stereocenters. The molecule has 100 valence electrons. The van der Waals surface area contributed by atoms with Crippen molar-refractivity contribution in [2.75, 3.05) is 5.73 Å². The highest BCUT2D eigenvalue weighted by atomic mass is 15.0. The summed E-state index contributed by atoms with van der Waals surface area (Å²) in [6.07, 6.45) is 8.97. The number of hydrogen-bond acceptors (Lipinski definition) is 4. The quantitative estimate of drug-likeness (QED) is 0.788. The zero-order valence-corrected chi connectivity index (χ0v) is 11.2. The number of nitrogens with two attached hydrogens (primary N) is 1. The zero-order chi connectivity index (χ0) is 13.9. The second-order valence-corrected chi connectivity index (χ2v) is 4.65. The van der Waals surface area contributed by atoms with Crippen molar-refractivity contribution in [3.8, 4) is 11.3 Å². The minimum absolute atomic E-state index is 0.515. The van der Waals surface area contributed by atoms with Gasteiger partial charge in [-0.3, -0.25) is 4.98 Å². The van der Waals surface area contributed by atoms with Crippen LogP contribution in [0, 0.1) is 6.92 Å². The van der Waals surface area contributed by atoms with Gasteiger partial charge in [-0.15, -0.1) is 0 Å². The fourth-order valence-corrected chi connectivity index (χ4v) is 2.17. The van der Waals surface area contributed by atoms with Crippen LogP contribution in [0.4, 0.5) is 5.82 Å². The summed E-state index contributed by atoms with van der Waals surface area (Å²) in [5.41, 5.74) is 10.2. The van der Waals surface area contributed by atoms with Gasteiger partial charge in [-0.05, 0) is 36.2 Å². The molecule has 20 heavy (non-hydrogen) atoms. The average Bonchev–Trinajstić information content (AvgIpc) is 2.90. The van der Waals surface area contributed by atoms with Gasteiger partial charge in [0, 0.05) is 30.7 Å². The molecule has 0 saturated carbocycles. The van der Waals surface area contributed by atoms with Crippen LogP contribution in [0.15, 0.2) is 49.3 Å². The Kier molecular flexibility index (Phi) is 3.16. The number of nitrogens with zero attached hydrogens (tertiary/aromatic N) is 4. The number of nitrogen functional groups attached to an aromatic ring is 1. The number of aromatic nitrogens is 4. The fourth-order valence-electron chi connectivity index (χ4n) is 2.17. The van der Waals surface area contributed by atoms with Crippen molar-refractivity contribution in [1.82, 2.24) is 19.5 Å². The Hall–Kier alpha value is -2.69. The summed E-state index contributed by atoms with van der Waals surface area (Å²) in [5.74, 6) is 0.515. The van der Waals surface area contributed by atoms with Crippen molar-refractivity contribution in [1.29, 1.82) is 0 Å². The van der Waals surface area contributed by atoms with E-state index in [1.807, 2.05) is 36.9 Å². The van der Waals surface area contributed by atoms with Crippen LogP contribution in [0.5, 0.6) is 0 Å². The highest BCUT2D eigenvalue weighted by molar-refractivity contribution is 5.70. The number of anilines is 1. The fraction of sp³-hybridized carbons (Fsp3) is 0.133. The highest BCUT2D eigenvalue weighted by Gasteiger charge is 2.10. The van der Waals surface area contributed by atoms with Crippen molar-refractivity contribution in [2.24, 2.45) is 0 Å². The Balaban J connectivity index is 2.00. The van der Waals surface area contributed by atoms with E-state index in [0.29, 0.717) is 5.82 Å². The van der Waals surface area contributed by atoms with E-state index in [2.05, 4.69) is 26.4 Å². The Labute approximate surface area is 117 Å². The molecule has 0 spiro atoms. The lowest BCUT2D eigenvalue weighted by molar-refractivity contribution is 0.797. The molecule has 2 N–H and O–H groups in total. The summed E-state index contributed by atoms with van der Waals surface area (Å²) >= 11 is 0. The number of aryl methyl sites for hydroxylation is 1. The molecule has 0 bridgehead atoms. The van der Waals surface area contributed by atoms with E-state index < -0.39 is 0 Å². The first kappa shape index (κ1) is 12.3. The lowest BCUT2D eigenvalue weighted by Gasteiger charge is -2.11. The molecule has 0 aliphatic heterocycles. The molecular weight excluding hydrogens is 250 g/mol. The summed E-state index contributed by atoms with van der Waals surface area (Å²) in [7, 11) is 0. The van der Waals surface area contributed by atoms with Gasteiger partial charge in [0.1, 0.15) is 5.82 Å². The Morgan fingerprint density at radius 3 is 2.85 bits per heavy atom. The molecule has 0 atom stereocenters. The van der Waals surface area contributed by atoms with Crippen molar-refractivity contribution in [2.45, 2.75) is 13.5 Å². The molecule has 0 aliphatic carbocycles. The standard InChI is InChI=1S/C15H15N5/c1-11-7-17-6-4-12(11)9-20-10-18-8-14(20)13-3-2-5-19-15(13)16/h2-8,10H,9H2,1H3,(H2,16,19). The first-order valence-electron chi connectivity index (χ1n) is 6.36. The molecule has 0 saturated heterocycles. The van der Waals surface area contributed by atoms with Gasteiger partial charge >= 0.3 is 0 Å². The lowest BCUT2D eigenvalue weighted by Crippen LogP contribution is -2.04. The molecule has 0 amide bonds. The van der Waals surface area contributed by atoms with E-state index in [9.17, 15) is 0 Å². The van der Waals surface area contributed by atoms with E-state index in [0.717, 1.165) is 23.4 Å². The average molecular weight is 265 g/mol. The molecule has 5 heteroatoms. The molecule has 3 heterocycles. The monoisotopic (exact) mass is 265 g/mol. The van der Waals surface area contributed by atoms with Gasteiger partial charge in [0.25, 0.3) is 0 Å². The molecule has 3 aromatic rings. The second-order valence-electron chi connectivity index (χ2n) is 4.65. The van der Waals surface area contributed by atoms with Gasteiger partial charge < -0.3 is 10.3 Å². The van der Waals surface area contributed by atoms with Gasteiger partial charge in [-0.2, -0.15) is 0 Å². The van der Waals surface area contributed by atoms with E-state index in [-0.39, 0.29) is 0 Å². The molecule has 3 aromatic heterocycles. The summed E-state index contributed by atoms with van der Waals surface area (Å²) in [5, 5.41) is 0. The number of imidazole rings is 1. The van der Waals surface area contributed by atoms with Crippen molar-refractivity contribution >= 4 is 5.82 Å². The summed E-state index contributed by atoms with van der Waals surface area (Å²) in [6.45, 7) is 2.79. The highest BCUT2D eigenvalue weighted by Crippen LogP contribution is 2.24. The first-order chi connectivity index (χ1) is 9.75. The number of rotatable bonds is 3. The van der Waals surface area contributed by atoms with Crippen LogP contribution in [-0.4, -0.2) is 19.5 Å². The third-order valence-electron chi connectivity index (χ3n) is 3.30. The Morgan fingerprint density at radius 2 is 2.05 bits per heavy atom. The van der Waals surface area contributed by atoms with Crippen molar-refractivity contribution < 1.29 is 0 Å². The zero-order valence-electron chi connectivity index (χ0n) is 11.2. The maximum atomic E-state index is 5.94. The third kappa shape index (κ3) is 2.25. The first-order valence-corrected chi connectivity index (χ1v) is 6.36. The number of hydrogen-bond donors (Lipinski definition) is 1. The SMILES string of the molecule is Cc1cnccc1Cn1cncc1-c1cccnc1N. The van der Waals surface area contributed by atoms with Gasteiger partial charge in [0.2, 0.25) is 0 Å². The van der Waals surface area contributed by atoms with Crippen molar-refractivity contribution in [3.05, 3.63) is 60.4 Å². The molecule has 0 aliphatic rings. The van der Waals surface area contributed by atoms with Crippen LogP contribution in [-0.2, 0) is 6.54 Å². The number of pyridine rings is 2. The lowest BCUT2D eigenvalue weighted by atomic mass is 10.1. The smallest absolute Gasteiger partial charge is 0.132 e. The van der Waals surface area contributed by atoms with Gasteiger partial charge in [-0.25, -0.2) is 9.97 Å². The van der Waals surface area contributed by atoms with Crippen LogP contribution < -0.4 is 5.73 Å². The Bertz CT molecular complexity index is 732. The summed E-state index contributed by atoms with van der Waals surface area (Å²) in [4.78, 5) is 12.5. The largest absolute Gasteiger partial charge is 0.383 e. The predicted octanol–water partition coefficient (Wildman–Crippen LogP) is 2.28. The summed E-state index contributed by atoms with van der Waals surface area (Å²) in [6, 6.07) is 5.85. The molecule has 5 nitrogen and oxygen atoms in total. The normalized spacial score (nSPS) is 10.7. The van der Waals surface area contributed by atoms with E-state index in [1.54, 1.807) is 12.4 Å². The molecule has 0 aromatic carbocycles. The van der Waals surface area contributed by atoms with E-state index >= 15 is 0 Å². The van der Waals surface area contributed by atoms with Crippen LogP contribution in [0.25, 0.3) is 11.3 Å². The van der Waals surface area contributed by atoms with Crippen molar-refractivity contribution in [3.63, 3.8) is 0 Å². The van der Waals surface area contributed by atoms with Crippen LogP contribution in [0.3, 0.4) is 0 Å². The Morgan fingerprint density at radius 1 is 1.15 bits per heavy atom. The molecule has 0 radical (unpaired) electrons. The van der Waals surface area contributed by atoms with Crippen LogP contribution >= 0.6 is 0 Å². The molecule has 0 fully saturated rings.